The Labute approximate surface area is 138 Å². The zero-order chi connectivity index (χ0) is 15.5. The van der Waals surface area contributed by atoms with Gasteiger partial charge in [0, 0.05) is 22.4 Å². The van der Waals surface area contributed by atoms with E-state index in [1.807, 2.05) is 6.20 Å². The molecule has 1 N–H and O–H groups in total. The van der Waals surface area contributed by atoms with Gasteiger partial charge in [-0.3, -0.25) is 4.98 Å². The summed E-state index contributed by atoms with van der Waals surface area (Å²) >= 11 is 3.47. The molecule has 1 heterocycles. The molecule has 1 aromatic rings. The molecule has 0 amide bonds. The van der Waals surface area contributed by atoms with Crippen molar-refractivity contribution in [2.75, 3.05) is 6.54 Å². The van der Waals surface area contributed by atoms with Crippen molar-refractivity contribution in [3.05, 3.63) is 28.5 Å². The second-order valence-electron chi connectivity index (χ2n) is 7.66. The molecule has 2 rings (SSSR count). The summed E-state index contributed by atoms with van der Waals surface area (Å²) in [5.74, 6) is 1.53. The SMILES string of the molecule is CC(C)NCC1CCC(C)(C)CC1Cc1ccc(Br)cn1. The van der Waals surface area contributed by atoms with Crippen molar-refractivity contribution < 1.29 is 0 Å². The van der Waals surface area contributed by atoms with Crippen LogP contribution in [0.15, 0.2) is 22.8 Å². The van der Waals surface area contributed by atoms with Gasteiger partial charge in [0.15, 0.2) is 0 Å². The van der Waals surface area contributed by atoms with Gasteiger partial charge in [0.2, 0.25) is 0 Å². The largest absolute Gasteiger partial charge is 0.314 e. The van der Waals surface area contributed by atoms with Crippen LogP contribution in [0.5, 0.6) is 0 Å². The van der Waals surface area contributed by atoms with Gasteiger partial charge in [-0.2, -0.15) is 0 Å². The number of hydrogen-bond donors (Lipinski definition) is 1. The van der Waals surface area contributed by atoms with E-state index in [1.54, 1.807) is 0 Å². The fraction of sp³-hybridized carbons (Fsp3) is 0.722. The summed E-state index contributed by atoms with van der Waals surface area (Å²) in [6.07, 6.45) is 7.04. The monoisotopic (exact) mass is 352 g/mol. The van der Waals surface area contributed by atoms with Crippen LogP contribution in [0, 0.1) is 17.3 Å². The molecule has 2 unspecified atom stereocenters. The Kier molecular flexibility index (Phi) is 5.84. The third kappa shape index (κ3) is 5.37. The Hall–Kier alpha value is -0.410. The molecule has 1 fully saturated rings. The number of nitrogens with zero attached hydrogens (tertiary/aromatic N) is 1. The van der Waals surface area contributed by atoms with Gasteiger partial charge < -0.3 is 5.32 Å². The third-order valence-electron chi connectivity index (χ3n) is 4.72. The molecule has 0 saturated heterocycles. The first-order valence-electron chi connectivity index (χ1n) is 8.19. The van der Waals surface area contributed by atoms with E-state index in [0.29, 0.717) is 11.5 Å². The topological polar surface area (TPSA) is 24.9 Å². The predicted octanol–water partition coefficient (Wildman–Crippen LogP) is 4.83. The Morgan fingerprint density at radius 3 is 2.71 bits per heavy atom. The number of pyridine rings is 1. The Morgan fingerprint density at radius 2 is 2.10 bits per heavy atom. The first kappa shape index (κ1) is 17.0. The number of rotatable bonds is 5. The van der Waals surface area contributed by atoms with Crippen LogP contribution < -0.4 is 5.32 Å². The van der Waals surface area contributed by atoms with Gasteiger partial charge in [0.1, 0.15) is 0 Å². The quantitative estimate of drug-likeness (QED) is 0.820. The molecule has 1 aromatic heterocycles. The van der Waals surface area contributed by atoms with Gasteiger partial charge in [-0.1, -0.05) is 27.7 Å². The summed E-state index contributed by atoms with van der Waals surface area (Å²) in [6, 6.07) is 4.85. The van der Waals surface area contributed by atoms with Crippen molar-refractivity contribution in [3.8, 4) is 0 Å². The Morgan fingerprint density at radius 1 is 1.33 bits per heavy atom. The van der Waals surface area contributed by atoms with Crippen LogP contribution >= 0.6 is 15.9 Å². The van der Waals surface area contributed by atoms with Crippen molar-refractivity contribution in [1.82, 2.24) is 10.3 Å². The summed E-state index contributed by atoms with van der Waals surface area (Å²) in [5, 5.41) is 3.64. The minimum absolute atomic E-state index is 0.481. The van der Waals surface area contributed by atoms with E-state index >= 15 is 0 Å². The summed E-state index contributed by atoms with van der Waals surface area (Å²) in [6.45, 7) is 10.5. The minimum atomic E-state index is 0.481. The summed E-state index contributed by atoms with van der Waals surface area (Å²) in [7, 11) is 0. The molecule has 1 aliphatic carbocycles. The molecule has 0 bridgehead atoms. The lowest BCUT2D eigenvalue weighted by Gasteiger charge is -2.41. The highest BCUT2D eigenvalue weighted by molar-refractivity contribution is 9.10. The zero-order valence-corrected chi connectivity index (χ0v) is 15.4. The lowest BCUT2D eigenvalue weighted by atomic mass is 9.66. The smallest absolute Gasteiger partial charge is 0.0413 e. The molecular weight excluding hydrogens is 324 g/mol. The number of halogens is 1. The van der Waals surface area contributed by atoms with E-state index in [9.17, 15) is 0 Å². The Bertz CT molecular complexity index is 437. The number of aromatic nitrogens is 1. The highest BCUT2D eigenvalue weighted by atomic mass is 79.9. The van der Waals surface area contributed by atoms with Crippen molar-refractivity contribution in [3.63, 3.8) is 0 Å². The van der Waals surface area contributed by atoms with Crippen LogP contribution in [0.3, 0.4) is 0 Å². The van der Waals surface area contributed by atoms with Gasteiger partial charge in [-0.25, -0.2) is 0 Å². The summed E-state index contributed by atoms with van der Waals surface area (Å²) in [4.78, 5) is 4.58. The normalized spacial score (nSPS) is 25.2. The summed E-state index contributed by atoms with van der Waals surface area (Å²) in [5.41, 5.74) is 1.71. The average molecular weight is 353 g/mol. The molecular formula is C18H29BrN2. The molecule has 21 heavy (non-hydrogen) atoms. The van der Waals surface area contributed by atoms with Gasteiger partial charge >= 0.3 is 0 Å². The van der Waals surface area contributed by atoms with E-state index in [1.165, 1.54) is 25.0 Å². The first-order valence-corrected chi connectivity index (χ1v) is 8.99. The standard InChI is InChI=1S/C18H29BrN2/c1-13(2)20-11-14-7-8-18(3,4)10-15(14)9-17-6-5-16(19)12-21-17/h5-6,12-15,20H,7-11H2,1-4H3. The highest BCUT2D eigenvalue weighted by Gasteiger charge is 2.34. The van der Waals surface area contributed by atoms with E-state index in [-0.39, 0.29) is 0 Å². The molecule has 1 saturated carbocycles. The molecule has 0 aliphatic heterocycles. The van der Waals surface area contributed by atoms with Crippen LogP contribution in [0.4, 0.5) is 0 Å². The number of nitrogens with one attached hydrogen (secondary N) is 1. The maximum Gasteiger partial charge on any atom is 0.0413 e. The van der Waals surface area contributed by atoms with E-state index < -0.39 is 0 Å². The molecule has 118 valence electrons. The second-order valence-corrected chi connectivity index (χ2v) is 8.58. The molecule has 3 heteroatoms. The van der Waals surface area contributed by atoms with Gasteiger partial charge in [0.25, 0.3) is 0 Å². The lowest BCUT2D eigenvalue weighted by molar-refractivity contribution is 0.114. The van der Waals surface area contributed by atoms with Gasteiger partial charge in [-0.15, -0.1) is 0 Å². The van der Waals surface area contributed by atoms with Crippen molar-refractivity contribution in [2.45, 2.75) is 59.4 Å². The van der Waals surface area contributed by atoms with Crippen LogP contribution in [-0.4, -0.2) is 17.6 Å². The molecule has 0 aromatic carbocycles. The van der Waals surface area contributed by atoms with Gasteiger partial charge in [-0.05, 0) is 77.5 Å². The fourth-order valence-corrected chi connectivity index (χ4v) is 3.72. The maximum absolute atomic E-state index is 4.58. The van der Waals surface area contributed by atoms with E-state index in [2.05, 4.69) is 66.1 Å². The van der Waals surface area contributed by atoms with E-state index in [4.69, 9.17) is 0 Å². The molecule has 2 nitrogen and oxygen atoms in total. The third-order valence-corrected chi connectivity index (χ3v) is 5.19. The molecule has 0 spiro atoms. The Balaban J connectivity index is 2.03. The van der Waals surface area contributed by atoms with Crippen LogP contribution in [0.1, 0.15) is 52.7 Å². The predicted molar refractivity (Wildman–Crippen MR) is 93.4 cm³/mol. The van der Waals surface area contributed by atoms with Crippen molar-refractivity contribution >= 4 is 15.9 Å². The van der Waals surface area contributed by atoms with Crippen LogP contribution in [0.2, 0.25) is 0 Å². The fourth-order valence-electron chi connectivity index (χ4n) is 3.48. The maximum atomic E-state index is 4.58. The van der Waals surface area contributed by atoms with Crippen molar-refractivity contribution in [2.24, 2.45) is 17.3 Å². The van der Waals surface area contributed by atoms with E-state index in [0.717, 1.165) is 29.3 Å². The molecule has 0 radical (unpaired) electrons. The van der Waals surface area contributed by atoms with Gasteiger partial charge in [0.05, 0.1) is 0 Å². The molecule has 1 aliphatic rings. The van der Waals surface area contributed by atoms with Crippen LogP contribution in [0.25, 0.3) is 0 Å². The van der Waals surface area contributed by atoms with Crippen LogP contribution in [-0.2, 0) is 6.42 Å². The average Bonchev–Trinajstić information content (AvgIpc) is 2.39. The zero-order valence-electron chi connectivity index (χ0n) is 13.8. The first-order chi connectivity index (χ1) is 9.85. The number of hydrogen-bond acceptors (Lipinski definition) is 2. The minimum Gasteiger partial charge on any atom is -0.314 e. The summed E-state index contributed by atoms with van der Waals surface area (Å²) < 4.78 is 1.06. The molecule has 2 atom stereocenters. The lowest BCUT2D eigenvalue weighted by Crippen LogP contribution is -2.38. The highest BCUT2D eigenvalue weighted by Crippen LogP contribution is 2.42. The second kappa shape index (κ2) is 7.23. The van der Waals surface area contributed by atoms with Crippen molar-refractivity contribution in [1.29, 1.82) is 0 Å².